The lowest BCUT2D eigenvalue weighted by molar-refractivity contribution is -0.385. The molecule has 0 radical (unpaired) electrons. The molecule has 0 bridgehead atoms. The maximum absolute atomic E-state index is 10.4. The number of carbonyl (C=O) groups excluding carboxylic acids is 1. The summed E-state index contributed by atoms with van der Waals surface area (Å²) in [5.74, 6) is 0. The Bertz CT molecular complexity index is 354. The van der Waals surface area contributed by atoms with Crippen LogP contribution >= 0.6 is 15.9 Å². The molecule has 1 N–H and O–H groups in total. The Hall–Kier alpha value is -1.43. The highest BCUT2D eigenvalue weighted by Crippen LogP contribution is 2.27. The molecule has 68 valence electrons. The van der Waals surface area contributed by atoms with Gasteiger partial charge in [0.1, 0.15) is 0 Å². The molecule has 0 unspecified atom stereocenters. The van der Waals surface area contributed by atoms with Crippen molar-refractivity contribution in [2.45, 2.75) is 0 Å². The van der Waals surface area contributed by atoms with Gasteiger partial charge in [-0.2, -0.15) is 0 Å². The monoisotopic (exact) mass is 244 g/mol. The molecule has 0 aliphatic heterocycles. The molecule has 0 spiro atoms. The van der Waals surface area contributed by atoms with Gasteiger partial charge in [0.25, 0.3) is 5.69 Å². The fraction of sp³-hybridized carbons (Fsp3) is 0. The predicted octanol–water partition coefficient (Wildman–Crippen LogP) is 1.93. The van der Waals surface area contributed by atoms with Gasteiger partial charge in [0, 0.05) is 11.8 Å². The van der Waals surface area contributed by atoms with Crippen LogP contribution in [0.25, 0.3) is 0 Å². The fourth-order valence-corrected chi connectivity index (χ4v) is 1.34. The van der Waals surface area contributed by atoms with E-state index in [4.69, 9.17) is 0 Å². The summed E-state index contributed by atoms with van der Waals surface area (Å²) in [6.07, 6.45) is 0.508. The number of halogens is 1. The third-order valence-electron chi connectivity index (χ3n) is 1.37. The molecule has 0 saturated heterocycles. The van der Waals surface area contributed by atoms with Crippen molar-refractivity contribution in [1.29, 1.82) is 0 Å². The number of nitro groups is 1. The van der Waals surface area contributed by atoms with Gasteiger partial charge in [0.15, 0.2) is 0 Å². The summed E-state index contributed by atoms with van der Waals surface area (Å²) >= 11 is 3.02. The molecule has 6 heteroatoms. The number of benzene rings is 1. The summed E-state index contributed by atoms with van der Waals surface area (Å²) in [5.41, 5.74) is 0.476. The summed E-state index contributed by atoms with van der Waals surface area (Å²) in [6.45, 7) is 0. The third kappa shape index (κ3) is 2.25. The lowest BCUT2D eigenvalue weighted by Crippen LogP contribution is -1.95. The van der Waals surface area contributed by atoms with E-state index in [1.165, 1.54) is 18.2 Å². The van der Waals surface area contributed by atoms with Gasteiger partial charge < -0.3 is 5.32 Å². The molecular formula is C7H5BrN2O3. The predicted molar refractivity (Wildman–Crippen MR) is 50.5 cm³/mol. The van der Waals surface area contributed by atoms with Gasteiger partial charge in [-0.3, -0.25) is 14.9 Å². The number of amides is 1. The number of hydrogen-bond acceptors (Lipinski definition) is 3. The van der Waals surface area contributed by atoms with Crippen molar-refractivity contribution in [3.63, 3.8) is 0 Å². The van der Waals surface area contributed by atoms with E-state index in [9.17, 15) is 14.9 Å². The maximum atomic E-state index is 10.4. The second kappa shape index (κ2) is 3.99. The topological polar surface area (TPSA) is 72.2 Å². The van der Waals surface area contributed by atoms with Gasteiger partial charge in [-0.1, -0.05) is 0 Å². The largest absolute Gasteiger partial charge is 0.329 e. The Morgan fingerprint density at radius 1 is 1.54 bits per heavy atom. The highest BCUT2D eigenvalue weighted by atomic mass is 79.9. The Morgan fingerprint density at radius 2 is 2.23 bits per heavy atom. The van der Waals surface area contributed by atoms with E-state index in [0.717, 1.165) is 0 Å². The summed E-state index contributed by atoms with van der Waals surface area (Å²) in [7, 11) is 0. The molecule has 1 rings (SSSR count). The van der Waals surface area contributed by atoms with Crippen molar-refractivity contribution >= 4 is 33.7 Å². The normalized spacial score (nSPS) is 9.31. The molecular weight excluding hydrogens is 240 g/mol. The van der Waals surface area contributed by atoms with E-state index in [-0.39, 0.29) is 5.69 Å². The van der Waals surface area contributed by atoms with Crippen molar-refractivity contribution in [3.8, 4) is 0 Å². The molecule has 0 saturated carbocycles. The Morgan fingerprint density at radius 3 is 2.69 bits per heavy atom. The van der Waals surface area contributed by atoms with Crippen LogP contribution in [-0.2, 0) is 4.79 Å². The quantitative estimate of drug-likeness (QED) is 0.502. The van der Waals surface area contributed by atoms with Crippen LogP contribution in [0.4, 0.5) is 11.4 Å². The van der Waals surface area contributed by atoms with E-state index < -0.39 is 4.92 Å². The number of rotatable bonds is 3. The van der Waals surface area contributed by atoms with Crippen molar-refractivity contribution in [3.05, 3.63) is 32.8 Å². The zero-order valence-electron chi connectivity index (χ0n) is 6.36. The van der Waals surface area contributed by atoms with Gasteiger partial charge in [-0.05, 0) is 28.1 Å². The van der Waals surface area contributed by atoms with Gasteiger partial charge in [0.2, 0.25) is 6.41 Å². The number of nitro benzene ring substituents is 1. The van der Waals surface area contributed by atoms with Crippen LogP contribution in [0, 0.1) is 10.1 Å². The van der Waals surface area contributed by atoms with Crippen molar-refractivity contribution in [2.75, 3.05) is 5.32 Å². The minimum absolute atomic E-state index is 0.0311. The van der Waals surface area contributed by atoms with Crippen LogP contribution in [-0.4, -0.2) is 11.3 Å². The Balaban J connectivity index is 3.05. The maximum Gasteiger partial charge on any atom is 0.283 e. The summed E-state index contributed by atoms with van der Waals surface area (Å²) in [6, 6.07) is 4.24. The standard InChI is InChI=1S/C7H5BrN2O3/c8-6-3-5(9-4-11)1-2-7(6)10(12)13/h1-4H,(H,9,11). The van der Waals surface area contributed by atoms with Crippen LogP contribution in [0.5, 0.6) is 0 Å². The molecule has 0 fully saturated rings. The van der Waals surface area contributed by atoms with Gasteiger partial charge in [0.05, 0.1) is 9.40 Å². The van der Waals surface area contributed by atoms with E-state index >= 15 is 0 Å². The van der Waals surface area contributed by atoms with Gasteiger partial charge in [-0.25, -0.2) is 0 Å². The first-order chi connectivity index (χ1) is 6.15. The highest BCUT2D eigenvalue weighted by Gasteiger charge is 2.10. The number of nitrogens with one attached hydrogen (secondary N) is 1. The first-order valence-corrected chi connectivity index (χ1v) is 4.08. The average Bonchev–Trinajstić information content (AvgIpc) is 2.04. The minimum atomic E-state index is -0.505. The van der Waals surface area contributed by atoms with Crippen LogP contribution in [0.3, 0.4) is 0 Å². The van der Waals surface area contributed by atoms with Gasteiger partial charge >= 0.3 is 0 Å². The summed E-state index contributed by atoms with van der Waals surface area (Å²) < 4.78 is 0.337. The number of hydrogen-bond donors (Lipinski definition) is 1. The SMILES string of the molecule is O=CNc1ccc([N+](=O)[O-])c(Br)c1. The molecule has 5 nitrogen and oxygen atoms in total. The van der Waals surface area contributed by atoms with Crippen molar-refractivity contribution in [2.24, 2.45) is 0 Å². The highest BCUT2D eigenvalue weighted by molar-refractivity contribution is 9.10. The van der Waals surface area contributed by atoms with Gasteiger partial charge in [-0.15, -0.1) is 0 Å². The molecule has 1 amide bonds. The summed E-state index contributed by atoms with van der Waals surface area (Å²) in [4.78, 5) is 19.9. The zero-order chi connectivity index (χ0) is 9.84. The van der Waals surface area contributed by atoms with Crippen LogP contribution in [0.2, 0.25) is 0 Å². The number of carbonyl (C=O) groups is 1. The molecule has 1 aromatic rings. The average molecular weight is 245 g/mol. The Labute approximate surface area is 82.0 Å². The van der Waals surface area contributed by atoms with Crippen LogP contribution in [0.15, 0.2) is 22.7 Å². The van der Waals surface area contributed by atoms with Crippen molar-refractivity contribution < 1.29 is 9.72 Å². The van der Waals surface area contributed by atoms with E-state index in [2.05, 4.69) is 21.2 Å². The van der Waals surface area contributed by atoms with E-state index in [0.29, 0.717) is 16.6 Å². The smallest absolute Gasteiger partial charge is 0.283 e. The molecule has 13 heavy (non-hydrogen) atoms. The third-order valence-corrected chi connectivity index (χ3v) is 2.01. The van der Waals surface area contributed by atoms with Crippen LogP contribution < -0.4 is 5.32 Å². The second-order valence-corrected chi connectivity index (χ2v) is 3.04. The van der Waals surface area contributed by atoms with Crippen molar-refractivity contribution in [1.82, 2.24) is 0 Å². The molecule has 0 heterocycles. The molecule has 0 aliphatic rings. The number of anilines is 1. The zero-order valence-corrected chi connectivity index (χ0v) is 7.95. The summed E-state index contributed by atoms with van der Waals surface area (Å²) in [5, 5.41) is 12.8. The Kier molecular flexibility index (Phi) is 2.97. The molecule has 0 aliphatic carbocycles. The molecule has 0 aromatic heterocycles. The van der Waals surface area contributed by atoms with E-state index in [1.807, 2.05) is 0 Å². The molecule has 0 atom stereocenters. The van der Waals surface area contributed by atoms with E-state index in [1.54, 1.807) is 0 Å². The fourth-order valence-electron chi connectivity index (χ4n) is 0.813. The lowest BCUT2D eigenvalue weighted by Gasteiger charge is -1.99. The second-order valence-electron chi connectivity index (χ2n) is 2.19. The number of nitrogens with zero attached hydrogens (tertiary/aromatic N) is 1. The first-order valence-electron chi connectivity index (χ1n) is 3.29. The molecule has 1 aromatic carbocycles. The lowest BCUT2D eigenvalue weighted by atomic mass is 10.3. The van der Waals surface area contributed by atoms with Crippen LogP contribution in [0.1, 0.15) is 0 Å². The first kappa shape index (κ1) is 9.66. The minimum Gasteiger partial charge on any atom is -0.329 e.